The first-order valence-corrected chi connectivity index (χ1v) is 3.32. The summed E-state index contributed by atoms with van der Waals surface area (Å²) in [6.07, 6.45) is 0. The topological polar surface area (TPSA) is 43.1 Å². The fourth-order valence-electron chi connectivity index (χ4n) is 0.670. The summed E-state index contributed by atoms with van der Waals surface area (Å²) in [4.78, 5) is 11.2. The quantitative estimate of drug-likeness (QED) is 0.598. The largest absolute Gasteiger partial charge is 0.329 e. The van der Waals surface area contributed by atoms with Crippen LogP contribution in [-0.2, 0) is 4.79 Å². The van der Waals surface area contributed by atoms with Crippen molar-refractivity contribution in [1.29, 1.82) is 0 Å². The first-order chi connectivity index (χ1) is 4.41. The molecule has 0 aromatic carbocycles. The molecule has 0 saturated heterocycles. The van der Waals surface area contributed by atoms with E-state index in [4.69, 9.17) is 5.73 Å². The van der Waals surface area contributed by atoms with Crippen LogP contribution in [-0.4, -0.2) is 12.3 Å². The van der Waals surface area contributed by atoms with Crippen molar-refractivity contribution >= 4 is 5.78 Å². The molecule has 58 valence electrons. The second-order valence-corrected chi connectivity index (χ2v) is 3.20. The summed E-state index contributed by atoms with van der Waals surface area (Å²) in [5, 5.41) is 0. The van der Waals surface area contributed by atoms with Gasteiger partial charge in [-0.05, 0) is 12.5 Å². The number of hydrogen-bond donors (Lipinski definition) is 1. The third-order valence-corrected chi connectivity index (χ3v) is 1.51. The predicted octanol–water partition coefficient (Wildman–Crippen LogP) is 1.12. The van der Waals surface area contributed by atoms with Crippen molar-refractivity contribution in [3.05, 3.63) is 12.2 Å². The minimum atomic E-state index is -0.439. The third-order valence-electron chi connectivity index (χ3n) is 1.51. The van der Waals surface area contributed by atoms with Crippen LogP contribution in [0.3, 0.4) is 0 Å². The SMILES string of the molecule is C=C(C)C(=O)C(C)(C)CN. The highest BCUT2D eigenvalue weighted by Crippen LogP contribution is 2.17. The van der Waals surface area contributed by atoms with Crippen LogP contribution in [0.15, 0.2) is 12.2 Å². The summed E-state index contributed by atoms with van der Waals surface area (Å²) in [7, 11) is 0. The van der Waals surface area contributed by atoms with E-state index in [2.05, 4.69) is 6.58 Å². The first kappa shape index (κ1) is 9.37. The van der Waals surface area contributed by atoms with Gasteiger partial charge in [0.15, 0.2) is 5.78 Å². The van der Waals surface area contributed by atoms with E-state index in [0.717, 1.165) is 0 Å². The Morgan fingerprint density at radius 3 is 2.10 bits per heavy atom. The van der Waals surface area contributed by atoms with Gasteiger partial charge in [0.25, 0.3) is 0 Å². The zero-order chi connectivity index (χ0) is 8.36. The number of hydrogen-bond acceptors (Lipinski definition) is 2. The monoisotopic (exact) mass is 141 g/mol. The van der Waals surface area contributed by atoms with Crippen molar-refractivity contribution in [3.63, 3.8) is 0 Å². The molecule has 2 nitrogen and oxygen atoms in total. The van der Waals surface area contributed by atoms with Gasteiger partial charge in [-0.25, -0.2) is 0 Å². The molecule has 0 bridgehead atoms. The molecule has 0 aliphatic heterocycles. The van der Waals surface area contributed by atoms with Crippen LogP contribution < -0.4 is 5.73 Å². The highest BCUT2D eigenvalue weighted by atomic mass is 16.1. The molecule has 0 rings (SSSR count). The van der Waals surface area contributed by atoms with Gasteiger partial charge in [0.2, 0.25) is 0 Å². The van der Waals surface area contributed by atoms with E-state index in [1.807, 2.05) is 13.8 Å². The van der Waals surface area contributed by atoms with Gasteiger partial charge in [-0.3, -0.25) is 4.79 Å². The van der Waals surface area contributed by atoms with Crippen LogP contribution in [0.4, 0.5) is 0 Å². The highest BCUT2D eigenvalue weighted by Gasteiger charge is 2.25. The van der Waals surface area contributed by atoms with Crippen LogP contribution >= 0.6 is 0 Å². The van der Waals surface area contributed by atoms with Crippen LogP contribution in [0.1, 0.15) is 20.8 Å². The highest BCUT2D eigenvalue weighted by molar-refractivity contribution is 5.98. The molecule has 0 aliphatic carbocycles. The minimum Gasteiger partial charge on any atom is -0.329 e. The van der Waals surface area contributed by atoms with Crippen molar-refractivity contribution < 1.29 is 4.79 Å². The Morgan fingerprint density at radius 2 is 2.00 bits per heavy atom. The number of ketones is 1. The Kier molecular flexibility index (Phi) is 2.78. The molecule has 0 fully saturated rings. The Labute approximate surface area is 62.1 Å². The molecular weight excluding hydrogens is 126 g/mol. The number of carbonyl (C=O) groups excluding carboxylic acids is 1. The van der Waals surface area contributed by atoms with Gasteiger partial charge in [0.05, 0.1) is 0 Å². The van der Waals surface area contributed by atoms with Gasteiger partial charge in [-0.1, -0.05) is 20.4 Å². The van der Waals surface area contributed by atoms with Crippen molar-refractivity contribution in [1.82, 2.24) is 0 Å². The number of Topliss-reactive ketones (excluding diaryl/α,β-unsaturated/α-hetero) is 1. The lowest BCUT2D eigenvalue weighted by atomic mass is 9.85. The summed E-state index contributed by atoms with van der Waals surface area (Å²) in [6.45, 7) is 9.29. The molecule has 0 atom stereocenters. The van der Waals surface area contributed by atoms with Crippen molar-refractivity contribution in [2.75, 3.05) is 6.54 Å². The standard InChI is InChI=1S/C8H15NO/c1-6(2)7(10)8(3,4)5-9/h1,5,9H2,2-4H3. The van der Waals surface area contributed by atoms with Crippen LogP contribution in [0, 0.1) is 5.41 Å². The lowest BCUT2D eigenvalue weighted by molar-refractivity contribution is -0.122. The average molecular weight is 141 g/mol. The average Bonchev–Trinajstić information content (AvgIpc) is 1.86. The van der Waals surface area contributed by atoms with Crippen molar-refractivity contribution in [2.24, 2.45) is 11.1 Å². The predicted molar refractivity (Wildman–Crippen MR) is 42.7 cm³/mol. The molecule has 0 aromatic heterocycles. The van der Waals surface area contributed by atoms with E-state index >= 15 is 0 Å². The maximum atomic E-state index is 11.2. The Hall–Kier alpha value is -0.630. The number of nitrogens with two attached hydrogens (primary N) is 1. The van der Waals surface area contributed by atoms with Gasteiger partial charge in [-0.15, -0.1) is 0 Å². The van der Waals surface area contributed by atoms with E-state index in [1.165, 1.54) is 0 Å². The van der Waals surface area contributed by atoms with E-state index < -0.39 is 5.41 Å². The second-order valence-electron chi connectivity index (χ2n) is 3.20. The fraction of sp³-hybridized carbons (Fsp3) is 0.625. The molecule has 0 radical (unpaired) electrons. The summed E-state index contributed by atoms with van der Waals surface area (Å²) in [5.41, 5.74) is 5.52. The van der Waals surface area contributed by atoms with Crippen molar-refractivity contribution in [2.45, 2.75) is 20.8 Å². The summed E-state index contributed by atoms with van der Waals surface area (Å²) in [5.74, 6) is 0.0509. The minimum absolute atomic E-state index is 0.0509. The Morgan fingerprint density at radius 1 is 1.60 bits per heavy atom. The zero-order valence-electron chi connectivity index (χ0n) is 6.90. The van der Waals surface area contributed by atoms with Gasteiger partial charge in [0.1, 0.15) is 0 Å². The molecule has 2 N–H and O–H groups in total. The van der Waals surface area contributed by atoms with E-state index in [1.54, 1.807) is 6.92 Å². The molecule has 0 aromatic rings. The molecule has 0 aliphatic rings. The smallest absolute Gasteiger partial charge is 0.164 e. The third kappa shape index (κ3) is 1.95. The lowest BCUT2D eigenvalue weighted by Crippen LogP contribution is -2.32. The Bertz CT molecular complexity index is 159. The van der Waals surface area contributed by atoms with Gasteiger partial charge < -0.3 is 5.73 Å². The normalized spacial score (nSPS) is 11.2. The zero-order valence-corrected chi connectivity index (χ0v) is 6.90. The number of rotatable bonds is 3. The molecule has 0 spiro atoms. The second kappa shape index (κ2) is 2.97. The molecule has 0 saturated carbocycles. The molecule has 0 amide bonds. The van der Waals surface area contributed by atoms with Gasteiger partial charge in [0, 0.05) is 12.0 Å². The molecule has 10 heavy (non-hydrogen) atoms. The maximum Gasteiger partial charge on any atom is 0.164 e. The fourth-order valence-corrected chi connectivity index (χ4v) is 0.670. The van der Waals surface area contributed by atoms with Crippen LogP contribution in [0.25, 0.3) is 0 Å². The summed E-state index contributed by atoms with van der Waals surface area (Å²) >= 11 is 0. The van der Waals surface area contributed by atoms with E-state index in [9.17, 15) is 4.79 Å². The molecule has 0 heterocycles. The molecule has 0 unspecified atom stereocenters. The number of allylic oxidation sites excluding steroid dienone is 1. The molecule has 2 heteroatoms. The number of carbonyl (C=O) groups is 1. The first-order valence-electron chi connectivity index (χ1n) is 3.32. The van der Waals surface area contributed by atoms with Gasteiger partial charge in [-0.2, -0.15) is 0 Å². The van der Waals surface area contributed by atoms with Crippen LogP contribution in [0.2, 0.25) is 0 Å². The summed E-state index contributed by atoms with van der Waals surface area (Å²) in [6, 6.07) is 0. The molecular formula is C8H15NO. The maximum absolute atomic E-state index is 11.2. The van der Waals surface area contributed by atoms with E-state index in [-0.39, 0.29) is 5.78 Å². The van der Waals surface area contributed by atoms with Crippen LogP contribution in [0.5, 0.6) is 0 Å². The lowest BCUT2D eigenvalue weighted by Gasteiger charge is -2.19. The van der Waals surface area contributed by atoms with Gasteiger partial charge >= 0.3 is 0 Å². The Balaban J connectivity index is 4.33. The van der Waals surface area contributed by atoms with E-state index in [0.29, 0.717) is 12.1 Å². The summed E-state index contributed by atoms with van der Waals surface area (Å²) < 4.78 is 0. The van der Waals surface area contributed by atoms with Crippen molar-refractivity contribution in [3.8, 4) is 0 Å².